The smallest absolute Gasteiger partial charge is 0.329 e. The average molecular weight is 352 g/mol. The Balaban J connectivity index is 2.69. The van der Waals surface area contributed by atoms with Crippen molar-refractivity contribution in [2.45, 2.75) is 65.6 Å². The first kappa shape index (κ1) is 20.7. The summed E-state index contributed by atoms with van der Waals surface area (Å²) in [4.78, 5) is 36.6. The van der Waals surface area contributed by atoms with Crippen LogP contribution in [0.15, 0.2) is 23.0 Å². The van der Waals surface area contributed by atoms with Crippen molar-refractivity contribution < 1.29 is 23.5 Å². The first-order valence-corrected chi connectivity index (χ1v) is 8.36. The Bertz CT molecular complexity index is 587. The van der Waals surface area contributed by atoms with Gasteiger partial charge in [0.05, 0.1) is 11.8 Å². The lowest BCUT2D eigenvalue weighted by atomic mass is 10.0. The summed E-state index contributed by atoms with van der Waals surface area (Å²) in [5.74, 6) is -1.17. The molecule has 25 heavy (non-hydrogen) atoms. The second-order valence-electron chi connectivity index (χ2n) is 7.43. The Kier molecular flexibility index (Phi) is 7.21. The van der Waals surface area contributed by atoms with Crippen molar-refractivity contribution in [3.8, 4) is 0 Å². The summed E-state index contributed by atoms with van der Waals surface area (Å²) < 4.78 is 10.2. The van der Waals surface area contributed by atoms with Crippen LogP contribution in [0.25, 0.3) is 0 Å². The number of hydrogen-bond donors (Lipinski definition) is 2. The summed E-state index contributed by atoms with van der Waals surface area (Å²) in [6, 6.07) is -0.0677. The molecule has 0 radical (unpaired) electrons. The fourth-order valence-corrected chi connectivity index (χ4v) is 2.09. The van der Waals surface area contributed by atoms with E-state index < -0.39 is 35.5 Å². The summed E-state index contributed by atoms with van der Waals surface area (Å²) >= 11 is 0. The van der Waals surface area contributed by atoms with E-state index in [4.69, 9.17) is 9.15 Å². The minimum Gasteiger partial charge on any atom is -0.472 e. The van der Waals surface area contributed by atoms with E-state index in [2.05, 4.69) is 10.6 Å². The molecule has 7 nitrogen and oxygen atoms in total. The molecule has 0 saturated heterocycles. The van der Waals surface area contributed by atoms with Crippen LogP contribution in [0.5, 0.6) is 0 Å². The number of carbonyl (C=O) groups is 3. The van der Waals surface area contributed by atoms with E-state index in [1.165, 1.54) is 18.6 Å². The molecule has 0 fully saturated rings. The maximum absolute atomic E-state index is 12.4. The largest absolute Gasteiger partial charge is 0.472 e. The van der Waals surface area contributed by atoms with Crippen molar-refractivity contribution in [1.29, 1.82) is 0 Å². The quantitative estimate of drug-likeness (QED) is 0.734. The first-order valence-electron chi connectivity index (χ1n) is 8.36. The zero-order valence-corrected chi connectivity index (χ0v) is 15.7. The molecule has 7 heteroatoms. The summed E-state index contributed by atoms with van der Waals surface area (Å²) in [5.41, 5.74) is -0.316. The molecule has 0 aliphatic rings. The number of carbonyl (C=O) groups excluding carboxylic acids is 3. The number of hydrogen-bond acceptors (Lipinski definition) is 5. The van der Waals surface area contributed by atoms with Gasteiger partial charge in [-0.2, -0.15) is 0 Å². The minimum absolute atomic E-state index is 0.189. The number of ether oxygens (including phenoxy) is 1. The second-order valence-corrected chi connectivity index (χ2v) is 7.43. The van der Waals surface area contributed by atoms with Gasteiger partial charge < -0.3 is 19.8 Å². The summed E-state index contributed by atoms with van der Waals surface area (Å²) in [7, 11) is 0. The van der Waals surface area contributed by atoms with Crippen molar-refractivity contribution >= 4 is 17.8 Å². The zero-order chi connectivity index (χ0) is 19.2. The van der Waals surface area contributed by atoms with Gasteiger partial charge >= 0.3 is 5.97 Å². The van der Waals surface area contributed by atoms with Gasteiger partial charge in [0.1, 0.15) is 23.9 Å². The van der Waals surface area contributed by atoms with Crippen molar-refractivity contribution in [2.24, 2.45) is 5.92 Å². The van der Waals surface area contributed by atoms with Gasteiger partial charge in [0, 0.05) is 0 Å². The topological polar surface area (TPSA) is 97.6 Å². The van der Waals surface area contributed by atoms with Crippen LogP contribution in [0.1, 0.15) is 58.3 Å². The Labute approximate surface area is 148 Å². The van der Waals surface area contributed by atoms with Crippen LogP contribution in [0.2, 0.25) is 0 Å². The molecule has 1 rings (SSSR count). The lowest BCUT2D eigenvalue weighted by Crippen LogP contribution is -2.51. The number of nitrogens with one attached hydrogen (secondary N) is 2. The molecule has 1 unspecified atom stereocenters. The fourth-order valence-electron chi connectivity index (χ4n) is 2.09. The van der Waals surface area contributed by atoms with Crippen molar-refractivity contribution in [3.05, 3.63) is 24.2 Å². The average Bonchev–Trinajstić information content (AvgIpc) is 2.98. The van der Waals surface area contributed by atoms with E-state index in [1.807, 2.05) is 13.8 Å². The predicted molar refractivity (Wildman–Crippen MR) is 92.9 cm³/mol. The molecule has 0 saturated carbocycles. The van der Waals surface area contributed by atoms with E-state index >= 15 is 0 Å². The van der Waals surface area contributed by atoms with Gasteiger partial charge in [-0.3, -0.25) is 9.59 Å². The van der Waals surface area contributed by atoms with Gasteiger partial charge in [-0.05, 0) is 46.1 Å². The van der Waals surface area contributed by atoms with Gasteiger partial charge in [-0.1, -0.05) is 13.8 Å². The molecule has 0 spiro atoms. The van der Waals surface area contributed by atoms with Gasteiger partial charge in [0.25, 0.3) is 5.91 Å². The lowest BCUT2D eigenvalue weighted by molar-refractivity contribution is -0.159. The Morgan fingerprint density at radius 2 is 1.80 bits per heavy atom. The van der Waals surface area contributed by atoms with Crippen LogP contribution in [-0.2, 0) is 14.3 Å². The molecule has 0 aliphatic carbocycles. The van der Waals surface area contributed by atoms with Crippen molar-refractivity contribution in [2.75, 3.05) is 0 Å². The summed E-state index contributed by atoms with van der Waals surface area (Å²) in [5, 5.41) is 5.23. The summed E-state index contributed by atoms with van der Waals surface area (Å²) in [6.07, 6.45) is 3.12. The van der Waals surface area contributed by atoms with E-state index in [0.29, 0.717) is 12.0 Å². The van der Waals surface area contributed by atoms with E-state index in [1.54, 1.807) is 27.7 Å². The Morgan fingerprint density at radius 3 is 2.28 bits per heavy atom. The number of esters is 1. The highest BCUT2D eigenvalue weighted by atomic mass is 16.6. The molecule has 1 aromatic rings. The Hall–Kier alpha value is -2.31. The molecule has 2 amide bonds. The molecule has 0 bridgehead atoms. The normalized spacial score (nSPS) is 13.9. The molecule has 0 aromatic carbocycles. The van der Waals surface area contributed by atoms with E-state index in [-0.39, 0.29) is 5.92 Å². The third kappa shape index (κ3) is 7.41. The summed E-state index contributed by atoms with van der Waals surface area (Å²) in [6.45, 7) is 10.8. The SMILES string of the molecule is CC(C)C[C@@H](NC(=O)C(C)NC(=O)c1ccoc1)C(=O)OC(C)(C)C. The third-order valence-corrected chi connectivity index (χ3v) is 3.24. The second kappa shape index (κ2) is 8.69. The van der Waals surface area contributed by atoms with Gasteiger partial charge in [0.15, 0.2) is 0 Å². The third-order valence-electron chi connectivity index (χ3n) is 3.24. The van der Waals surface area contributed by atoms with E-state index in [9.17, 15) is 14.4 Å². The van der Waals surface area contributed by atoms with Crippen LogP contribution in [0, 0.1) is 5.92 Å². The predicted octanol–water partition coefficient (Wildman–Crippen LogP) is 2.27. The van der Waals surface area contributed by atoms with Gasteiger partial charge in [-0.25, -0.2) is 4.79 Å². The zero-order valence-electron chi connectivity index (χ0n) is 15.7. The van der Waals surface area contributed by atoms with Crippen LogP contribution in [-0.4, -0.2) is 35.5 Å². The molecule has 1 heterocycles. The highest BCUT2D eigenvalue weighted by Crippen LogP contribution is 2.13. The van der Waals surface area contributed by atoms with E-state index in [0.717, 1.165) is 0 Å². The molecule has 2 atom stereocenters. The van der Waals surface area contributed by atoms with Gasteiger partial charge in [-0.15, -0.1) is 0 Å². The molecular formula is C18H28N2O5. The maximum atomic E-state index is 12.4. The standard InChI is InChI=1S/C18H28N2O5/c1-11(2)9-14(17(23)25-18(4,5)6)20-15(21)12(3)19-16(22)13-7-8-24-10-13/h7-8,10-12,14H,9H2,1-6H3,(H,19,22)(H,20,21)/t12?,14-/m1/s1. The van der Waals surface area contributed by atoms with Crippen LogP contribution >= 0.6 is 0 Å². The van der Waals surface area contributed by atoms with Crippen LogP contribution < -0.4 is 10.6 Å². The number of rotatable bonds is 7. The first-order chi connectivity index (χ1) is 11.5. The van der Waals surface area contributed by atoms with Crippen LogP contribution in [0.3, 0.4) is 0 Å². The monoisotopic (exact) mass is 352 g/mol. The number of amides is 2. The van der Waals surface area contributed by atoms with Crippen molar-refractivity contribution in [3.63, 3.8) is 0 Å². The molecule has 1 aromatic heterocycles. The number of furan rings is 1. The van der Waals surface area contributed by atoms with Crippen LogP contribution in [0.4, 0.5) is 0 Å². The molecular weight excluding hydrogens is 324 g/mol. The molecule has 0 aliphatic heterocycles. The minimum atomic E-state index is -0.806. The highest BCUT2D eigenvalue weighted by Gasteiger charge is 2.29. The van der Waals surface area contributed by atoms with Gasteiger partial charge in [0.2, 0.25) is 5.91 Å². The molecule has 140 valence electrons. The van der Waals surface area contributed by atoms with Crippen molar-refractivity contribution in [1.82, 2.24) is 10.6 Å². The Morgan fingerprint density at radius 1 is 1.16 bits per heavy atom. The maximum Gasteiger partial charge on any atom is 0.329 e. The highest BCUT2D eigenvalue weighted by molar-refractivity contribution is 5.97. The lowest BCUT2D eigenvalue weighted by Gasteiger charge is -2.26. The fraction of sp³-hybridized carbons (Fsp3) is 0.611. The molecule has 2 N–H and O–H groups in total.